The molecule has 0 spiro atoms. The van der Waals surface area contributed by atoms with Crippen LogP contribution in [-0.4, -0.2) is 14.5 Å². The molecule has 2 aliphatic rings. The van der Waals surface area contributed by atoms with Crippen LogP contribution in [0.1, 0.15) is 38.2 Å². The molecule has 2 fully saturated rings. The summed E-state index contributed by atoms with van der Waals surface area (Å²) in [5.74, 6) is 1.89. The number of hydrogen-bond acceptors (Lipinski definition) is 3. The first kappa shape index (κ1) is 14.6. The number of rotatable bonds is 4. The van der Waals surface area contributed by atoms with Crippen LogP contribution in [0.5, 0.6) is 0 Å². The molecule has 2 aliphatic carbocycles. The maximum Gasteiger partial charge on any atom is 0.242 e. The fourth-order valence-corrected chi connectivity index (χ4v) is 5.55. The molecule has 2 bridgehead atoms. The molecule has 1 N–H and O–H groups in total. The minimum Gasteiger partial charge on any atom is -0.208 e. The second kappa shape index (κ2) is 5.43. The largest absolute Gasteiger partial charge is 0.242 e. The Kier molecular flexibility index (Phi) is 3.76. The van der Waals surface area contributed by atoms with Crippen molar-refractivity contribution in [3.8, 4) is 6.07 Å². The predicted octanol–water partition coefficient (Wildman–Crippen LogP) is 2.66. The molecule has 1 aromatic carbocycles. The lowest BCUT2D eigenvalue weighted by Crippen LogP contribution is -2.40. The molecule has 0 aromatic heterocycles. The number of nitrogens with one attached hydrogen (secondary N) is 1. The molecule has 0 unspecified atom stereocenters. The van der Waals surface area contributed by atoms with Crippen molar-refractivity contribution < 1.29 is 8.42 Å². The summed E-state index contributed by atoms with van der Waals surface area (Å²) in [7, 11) is -3.63. The average Bonchev–Trinajstić information content (AvgIpc) is 3.09. The normalized spacial score (nSPS) is 29.2. The number of sulfonamides is 1. The highest BCUT2D eigenvalue weighted by Crippen LogP contribution is 2.49. The lowest BCUT2D eigenvalue weighted by atomic mass is 9.84. The molecule has 0 aliphatic heterocycles. The Morgan fingerprint density at radius 2 is 2.05 bits per heavy atom. The van der Waals surface area contributed by atoms with E-state index in [2.05, 4.69) is 4.72 Å². The van der Waals surface area contributed by atoms with Gasteiger partial charge in [0.1, 0.15) is 6.07 Å². The number of fused-ring (bicyclic) bond motifs is 2. The van der Waals surface area contributed by atoms with E-state index in [0.717, 1.165) is 12.3 Å². The highest BCUT2D eigenvalue weighted by molar-refractivity contribution is 7.89. The summed E-state index contributed by atoms with van der Waals surface area (Å²) >= 11 is 0. The first-order valence-corrected chi connectivity index (χ1v) is 9.01. The highest BCUT2D eigenvalue weighted by atomic mass is 32.2. The third-order valence-electron chi connectivity index (χ3n) is 5.07. The first-order valence-electron chi connectivity index (χ1n) is 7.52. The third kappa shape index (κ3) is 2.70. The van der Waals surface area contributed by atoms with Gasteiger partial charge in [-0.2, -0.15) is 5.26 Å². The number of nitrogens with zero attached hydrogens (tertiary/aromatic N) is 1. The molecule has 1 aromatic rings. The van der Waals surface area contributed by atoms with Gasteiger partial charge in [0.25, 0.3) is 0 Å². The molecule has 0 amide bonds. The van der Waals surface area contributed by atoms with E-state index in [1.807, 2.05) is 13.0 Å². The van der Waals surface area contributed by atoms with Crippen LogP contribution in [0.4, 0.5) is 0 Å². The maximum absolute atomic E-state index is 12.5. The molecular weight excluding hydrogens is 284 g/mol. The topological polar surface area (TPSA) is 70.0 Å². The van der Waals surface area contributed by atoms with Crippen LogP contribution < -0.4 is 4.72 Å². The summed E-state index contributed by atoms with van der Waals surface area (Å²) < 4.78 is 27.8. The fraction of sp³-hybridized carbons (Fsp3) is 0.562. The Morgan fingerprint density at radius 1 is 1.29 bits per heavy atom. The maximum atomic E-state index is 12.5. The zero-order chi connectivity index (χ0) is 15.0. The number of benzene rings is 1. The lowest BCUT2D eigenvalue weighted by molar-refractivity contribution is 0.280. The van der Waals surface area contributed by atoms with Crippen LogP contribution in [0.25, 0.3) is 0 Å². The van der Waals surface area contributed by atoms with E-state index in [9.17, 15) is 8.42 Å². The Bertz CT molecular complexity index is 678. The van der Waals surface area contributed by atoms with Crippen molar-refractivity contribution in [3.05, 3.63) is 29.8 Å². The Morgan fingerprint density at radius 3 is 2.67 bits per heavy atom. The molecule has 2 saturated carbocycles. The second-order valence-electron chi connectivity index (χ2n) is 6.36. The number of hydrogen-bond donors (Lipinski definition) is 1. The van der Waals surface area contributed by atoms with Gasteiger partial charge in [0.05, 0.1) is 10.5 Å². The van der Waals surface area contributed by atoms with Gasteiger partial charge in [0.15, 0.2) is 0 Å². The fourth-order valence-electron chi connectivity index (χ4n) is 4.10. The van der Waals surface area contributed by atoms with Crippen molar-refractivity contribution in [1.82, 2.24) is 4.72 Å². The molecule has 4 atom stereocenters. The molecule has 0 heterocycles. The smallest absolute Gasteiger partial charge is 0.208 e. The molecular formula is C16H20N2O2S. The standard InChI is InChI=1S/C16H20N2O2S/c1-11(15-9-12-6-7-13(15)8-12)18-21(19,20)16-5-3-2-4-14(16)10-17/h2-5,11-13,15,18H,6-9H2,1H3/t11-,12-,13+,15-/m1/s1. The quantitative estimate of drug-likeness (QED) is 0.929. The van der Waals surface area contributed by atoms with Crippen LogP contribution in [0.15, 0.2) is 29.2 Å². The van der Waals surface area contributed by atoms with Gasteiger partial charge in [-0.3, -0.25) is 0 Å². The first-order chi connectivity index (χ1) is 10.0. The molecule has 21 heavy (non-hydrogen) atoms. The Hall–Kier alpha value is -1.38. The predicted molar refractivity (Wildman–Crippen MR) is 79.9 cm³/mol. The van der Waals surface area contributed by atoms with Crippen LogP contribution in [0.3, 0.4) is 0 Å². The summed E-state index contributed by atoms with van der Waals surface area (Å²) in [5.41, 5.74) is 0.199. The Labute approximate surface area is 126 Å². The summed E-state index contributed by atoms with van der Waals surface area (Å²) in [6, 6.07) is 8.24. The van der Waals surface area contributed by atoms with Crippen molar-refractivity contribution in [3.63, 3.8) is 0 Å². The van der Waals surface area contributed by atoms with Gasteiger partial charge in [0.2, 0.25) is 10.0 Å². The van der Waals surface area contributed by atoms with Gasteiger partial charge < -0.3 is 0 Å². The molecule has 112 valence electrons. The van der Waals surface area contributed by atoms with E-state index < -0.39 is 10.0 Å². The van der Waals surface area contributed by atoms with Crippen molar-refractivity contribution in [2.45, 2.75) is 43.5 Å². The van der Waals surface area contributed by atoms with Gasteiger partial charge in [-0.25, -0.2) is 13.1 Å². The molecule has 0 radical (unpaired) electrons. The van der Waals surface area contributed by atoms with E-state index in [1.54, 1.807) is 12.1 Å². The van der Waals surface area contributed by atoms with Crippen molar-refractivity contribution in [2.75, 3.05) is 0 Å². The van der Waals surface area contributed by atoms with E-state index in [0.29, 0.717) is 11.8 Å². The molecule has 0 saturated heterocycles. The van der Waals surface area contributed by atoms with Crippen molar-refractivity contribution in [2.24, 2.45) is 17.8 Å². The monoisotopic (exact) mass is 304 g/mol. The summed E-state index contributed by atoms with van der Waals surface area (Å²) in [6.07, 6.45) is 4.92. The van der Waals surface area contributed by atoms with Crippen molar-refractivity contribution in [1.29, 1.82) is 5.26 Å². The third-order valence-corrected chi connectivity index (χ3v) is 6.69. The van der Waals surface area contributed by atoms with Gasteiger partial charge in [-0.05, 0) is 56.1 Å². The lowest BCUT2D eigenvalue weighted by Gasteiger charge is -2.28. The zero-order valence-corrected chi connectivity index (χ0v) is 12.9. The summed E-state index contributed by atoms with van der Waals surface area (Å²) in [4.78, 5) is 0.0857. The minimum absolute atomic E-state index is 0.0722. The van der Waals surface area contributed by atoms with Crippen LogP contribution in [0.2, 0.25) is 0 Å². The van der Waals surface area contributed by atoms with E-state index in [-0.39, 0.29) is 16.5 Å². The SMILES string of the molecule is C[C@@H](NS(=O)(=O)c1ccccc1C#N)[C@H]1C[C@@H]2CC[C@H]1C2. The van der Waals surface area contributed by atoms with Gasteiger partial charge >= 0.3 is 0 Å². The van der Waals surface area contributed by atoms with E-state index in [1.165, 1.54) is 31.4 Å². The van der Waals surface area contributed by atoms with E-state index in [4.69, 9.17) is 5.26 Å². The minimum atomic E-state index is -3.63. The van der Waals surface area contributed by atoms with Gasteiger partial charge in [-0.1, -0.05) is 18.6 Å². The van der Waals surface area contributed by atoms with E-state index >= 15 is 0 Å². The van der Waals surface area contributed by atoms with Crippen LogP contribution in [0, 0.1) is 29.1 Å². The summed E-state index contributed by atoms with van der Waals surface area (Å²) in [6.45, 7) is 1.96. The van der Waals surface area contributed by atoms with Crippen LogP contribution in [-0.2, 0) is 10.0 Å². The highest BCUT2D eigenvalue weighted by Gasteiger charge is 2.42. The Balaban J connectivity index is 1.79. The number of nitriles is 1. The molecule has 3 rings (SSSR count). The van der Waals surface area contributed by atoms with Crippen molar-refractivity contribution >= 4 is 10.0 Å². The zero-order valence-electron chi connectivity index (χ0n) is 12.1. The van der Waals surface area contributed by atoms with Crippen LogP contribution >= 0.6 is 0 Å². The second-order valence-corrected chi connectivity index (χ2v) is 8.04. The molecule has 5 heteroatoms. The van der Waals surface area contributed by atoms with Gasteiger partial charge in [0, 0.05) is 6.04 Å². The average molecular weight is 304 g/mol. The summed E-state index contributed by atoms with van der Waals surface area (Å²) in [5, 5.41) is 9.07. The van der Waals surface area contributed by atoms with Gasteiger partial charge in [-0.15, -0.1) is 0 Å². The molecule has 4 nitrogen and oxygen atoms in total.